The third kappa shape index (κ3) is 3.75. The second-order valence-corrected chi connectivity index (χ2v) is 7.87. The summed E-state index contributed by atoms with van der Waals surface area (Å²) in [5.74, 6) is 0. The van der Waals surface area contributed by atoms with Gasteiger partial charge in [-0.2, -0.15) is 0 Å². The predicted octanol–water partition coefficient (Wildman–Crippen LogP) is 7.32. The van der Waals surface area contributed by atoms with Crippen LogP contribution in [0.1, 0.15) is 31.9 Å². The molecule has 0 radical (unpaired) electrons. The maximum absolute atomic E-state index is 6.62. The molecule has 0 nitrogen and oxygen atoms in total. The maximum atomic E-state index is 6.62. The smallest absolute Gasteiger partial charge is 0.100 e. The largest absolute Gasteiger partial charge is 0.168 e. The van der Waals surface area contributed by atoms with Gasteiger partial charge in [-0.25, -0.2) is 0 Å². The molecule has 0 bridgehead atoms. The topological polar surface area (TPSA) is 0 Å². The fourth-order valence-corrected chi connectivity index (χ4v) is 3.54. The van der Waals surface area contributed by atoms with Crippen molar-refractivity contribution in [3.63, 3.8) is 0 Å². The van der Waals surface area contributed by atoms with Crippen molar-refractivity contribution in [2.24, 2.45) is 0 Å². The highest BCUT2D eigenvalue weighted by Gasteiger charge is 2.35. The van der Waals surface area contributed by atoms with Crippen molar-refractivity contribution in [2.45, 2.75) is 14.0 Å². The van der Waals surface area contributed by atoms with Gasteiger partial charge in [0.1, 0.15) is 9.67 Å². The Labute approximate surface area is 153 Å². The molecule has 0 aliphatic rings. The molecular weight excluding hydrogens is 393 g/mol. The first-order chi connectivity index (χ1) is 9.85. The Morgan fingerprint density at radius 2 is 0.952 bits per heavy atom. The van der Waals surface area contributed by atoms with Crippen LogP contribution in [0.4, 0.5) is 0 Å². The van der Waals surface area contributed by atoms with Crippen molar-refractivity contribution in [2.75, 3.05) is 0 Å². The summed E-state index contributed by atoms with van der Waals surface area (Å²) in [6.45, 7) is 0. The molecule has 2 aromatic carbocycles. The number of rotatable bonds is 4. The second kappa shape index (κ2) is 7.17. The van der Waals surface area contributed by atoms with E-state index in [0.29, 0.717) is 22.3 Å². The monoisotopic (exact) mass is 400 g/mol. The van der Waals surface area contributed by atoms with E-state index in [0.717, 1.165) is 0 Å². The van der Waals surface area contributed by atoms with Crippen molar-refractivity contribution in [1.29, 1.82) is 0 Å². The molecule has 0 heterocycles. The van der Waals surface area contributed by atoms with Gasteiger partial charge in [-0.05, 0) is 22.3 Å². The van der Waals surface area contributed by atoms with Gasteiger partial charge in [-0.1, -0.05) is 71.7 Å². The number of alkyl halides is 6. The quantitative estimate of drug-likeness (QED) is 0.470. The molecule has 0 spiro atoms. The van der Waals surface area contributed by atoms with E-state index >= 15 is 0 Å². The Morgan fingerprint density at radius 3 is 1.29 bits per heavy atom. The van der Waals surface area contributed by atoms with Crippen molar-refractivity contribution < 1.29 is 0 Å². The summed E-state index contributed by atoms with van der Waals surface area (Å²) in [6.07, 6.45) is 0. The second-order valence-electron chi connectivity index (χ2n) is 4.35. The van der Waals surface area contributed by atoms with Gasteiger partial charge in [-0.15, -0.1) is 46.4 Å². The normalized spacial score (nSPS) is 12.2. The van der Waals surface area contributed by atoms with Gasteiger partial charge >= 0.3 is 0 Å². The molecule has 112 valence electrons. The lowest BCUT2D eigenvalue weighted by atomic mass is 9.96. The standard InChI is InChI=1S/C15H10Cl6/c16-13(17)9-5-1-3-7-11(9)15(20,21)12-8-4-2-6-10(12)14(18)19/h1-8,13-14H. The summed E-state index contributed by atoms with van der Waals surface area (Å²) in [7, 11) is 0. The van der Waals surface area contributed by atoms with Crippen LogP contribution >= 0.6 is 69.6 Å². The zero-order valence-electron chi connectivity index (χ0n) is 10.5. The van der Waals surface area contributed by atoms with Crippen LogP contribution in [0, 0.1) is 0 Å². The van der Waals surface area contributed by atoms with Crippen LogP contribution in [0.5, 0.6) is 0 Å². The zero-order chi connectivity index (χ0) is 15.6. The summed E-state index contributed by atoms with van der Waals surface area (Å²) >= 11 is 37.2. The molecule has 0 atom stereocenters. The van der Waals surface area contributed by atoms with Crippen LogP contribution < -0.4 is 0 Å². The molecule has 0 saturated heterocycles. The minimum absolute atomic E-state index is 0.602. The zero-order valence-corrected chi connectivity index (χ0v) is 15.1. The van der Waals surface area contributed by atoms with Gasteiger partial charge in [-0.3, -0.25) is 0 Å². The van der Waals surface area contributed by atoms with E-state index in [4.69, 9.17) is 69.6 Å². The first kappa shape index (κ1) is 17.5. The molecule has 0 aromatic heterocycles. The highest BCUT2D eigenvalue weighted by Crippen LogP contribution is 2.48. The van der Waals surface area contributed by atoms with E-state index < -0.39 is 14.0 Å². The Balaban J connectivity index is 2.63. The molecule has 0 unspecified atom stereocenters. The first-order valence-electron chi connectivity index (χ1n) is 5.98. The number of halogens is 6. The van der Waals surface area contributed by atoms with Crippen LogP contribution in [0.2, 0.25) is 0 Å². The van der Waals surface area contributed by atoms with Crippen LogP contribution in [0.15, 0.2) is 48.5 Å². The predicted molar refractivity (Wildman–Crippen MR) is 94.3 cm³/mol. The summed E-state index contributed by atoms with van der Waals surface area (Å²) in [5.41, 5.74) is 2.48. The Morgan fingerprint density at radius 1 is 0.619 bits per heavy atom. The fraction of sp³-hybridized carbons (Fsp3) is 0.200. The van der Waals surface area contributed by atoms with Crippen LogP contribution in [-0.2, 0) is 4.33 Å². The lowest BCUT2D eigenvalue weighted by Gasteiger charge is -2.26. The molecule has 0 aliphatic carbocycles. The van der Waals surface area contributed by atoms with Crippen molar-refractivity contribution >= 4 is 69.6 Å². The van der Waals surface area contributed by atoms with Gasteiger partial charge < -0.3 is 0 Å². The lowest BCUT2D eigenvalue weighted by molar-refractivity contribution is 0.983. The summed E-state index contributed by atoms with van der Waals surface area (Å²) < 4.78 is -1.36. The van der Waals surface area contributed by atoms with E-state index in [9.17, 15) is 0 Å². The van der Waals surface area contributed by atoms with E-state index in [2.05, 4.69) is 0 Å². The van der Waals surface area contributed by atoms with E-state index in [1.807, 2.05) is 24.3 Å². The number of hydrogen-bond donors (Lipinski definition) is 0. The molecular formula is C15H10Cl6. The van der Waals surface area contributed by atoms with Gasteiger partial charge in [0.25, 0.3) is 0 Å². The fourth-order valence-electron chi connectivity index (χ4n) is 2.09. The van der Waals surface area contributed by atoms with Crippen LogP contribution in [0.3, 0.4) is 0 Å². The van der Waals surface area contributed by atoms with Crippen molar-refractivity contribution in [3.8, 4) is 0 Å². The average molecular weight is 403 g/mol. The minimum atomic E-state index is -1.36. The summed E-state index contributed by atoms with van der Waals surface area (Å²) in [4.78, 5) is -1.49. The third-order valence-electron chi connectivity index (χ3n) is 3.07. The van der Waals surface area contributed by atoms with Crippen molar-refractivity contribution in [3.05, 3.63) is 70.8 Å². The molecule has 2 rings (SSSR count). The van der Waals surface area contributed by atoms with E-state index in [1.165, 1.54) is 0 Å². The molecule has 6 heteroatoms. The Hall–Kier alpha value is 0.180. The van der Waals surface area contributed by atoms with Gasteiger partial charge in [0.2, 0.25) is 0 Å². The Kier molecular flexibility index (Phi) is 5.99. The molecule has 0 fully saturated rings. The van der Waals surface area contributed by atoms with E-state index in [-0.39, 0.29) is 0 Å². The molecule has 0 aliphatic heterocycles. The van der Waals surface area contributed by atoms with Crippen LogP contribution in [0.25, 0.3) is 0 Å². The molecule has 21 heavy (non-hydrogen) atoms. The van der Waals surface area contributed by atoms with Crippen LogP contribution in [-0.4, -0.2) is 0 Å². The molecule has 2 aromatic rings. The lowest BCUT2D eigenvalue weighted by Crippen LogP contribution is -2.17. The summed E-state index contributed by atoms with van der Waals surface area (Å²) in [6, 6.07) is 14.4. The maximum Gasteiger partial charge on any atom is 0.168 e. The molecule has 0 amide bonds. The number of hydrogen-bond acceptors (Lipinski definition) is 0. The SMILES string of the molecule is ClC(Cl)c1ccccc1C(Cl)(Cl)c1ccccc1C(Cl)Cl. The van der Waals surface area contributed by atoms with E-state index in [1.54, 1.807) is 24.3 Å². The summed E-state index contributed by atoms with van der Waals surface area (Å²) in [5, 5.41) is 0. The van der Waals surface area contributed by atoms with Gasteiger partial charge in [0.05, 0.1) is 0 Å². The average Bonchev–Trinajstić information content (AvgIpc) is 2.47. The minimum Gasteiger partial charge on any atom is -0.100 e. The molecule has 0 saturated carbocycles. The highest BCUT2D eigenvalue weighted by atomic mass is 35.5. The number of benzene rings is 2. The van der Waals surface area contributed by atoms with Crippen molar-refractivity contribution in [1.82, 2.24) is 0 Å². The third-order valence-corrected chi connectivity index (χ3v) is 4.82. The Bertz CT molecular complexity index is 568. The van der Waals surface area contributed by atoms with Gasteiger partial charge in [0, 0.05) is 0 Å². The van der Waals surface area contributed by atoms with Gasteiger partial charge in [0.15, 0.2) is 4.33 Å². The highest BCUT2D eigenvalue weighted by molar-refractivity contribution is 6.51. The first-order valence-corrected chi connectivity index (χ1v) is 8.48. The molecule has 0 N–H and O–H groups in total.